The molecule has 0 saturated carbocycles. The summed E-state index contributed by atoms with van der Waals surface area (Å²) in [4.78, 5) is 4.19. The molecule has 0 aliphatic heterocycles. The number of methoxy groups -OCH3 is 1. The van der Waals surface area contributed by atoms with Crippen LogP contribution in [0.15, 0.2) is 4.52 Å². The van der Waals surface area contributed by atoms with E-state index in [0.717, 1.165) is 18.8 Å². The SMILES string of the molecule is CNCCc1noc(CCOC)n1. The molecule has 1 rings (SSSR count). The summed E-state index contributed by atoms with van der Waals surface area (Å²) in [5.41, 5.74) is 0. The average molecular weight is 185 g/mol. The standard InChI is InChI=1S/C8H15N3O2/c1-9-5-3-7-10-8(13-11-7)4-6-12-2/h9H,3-6H2,1-2H3. The Balaban J connectivity index is 2.34. The van der Waals surface area contributed by atoms with E-state index in [9.17, 15) is 0 Å². The molecule has 0 radical (unpaired) electrons. The van der Waals surface area contributed by atoms with Crippen LogP contribution in [0.4, 0.5) is 0 Å². The lowest BCUT2D eigenvalue weighted by Gasteiger charge is -1.91. The van der Waals surface area contributed by atoms with Crippen molar-refractivity contribution in [1.82, 2.24) is 15.5 Å². The molecule has 0 spiro atoms. The molecule has 5 heteroatoms. The third-order valence-corrected chi connectivity index (χ3v) is 1.63. The van der Waals surface area contributed by atoms with E-state index in [-0.39, 0.29) is 0 Å². The highest BCUT2D eigenvalue weighted by Gasteiger charge is 2.04. The molecule has 0 bridgehead atoms. The van der Waals surface area contributed by atoms with Gasteiger partial charge in [-0.25, -0.2) is 0 Å². The van der Waals surface area contributed by atoms with Crippen molar-refractivity contribution in [3.63, 3.8) is 0 Å². The van der Waals surface area contributed by atoms with Gasteiger partial charge in [-0.15, -0.1) is 0 Å². The van der Waals surface area contributed by atoms with E-state index in [1.54, 1.807) is 7.11 Å². The fraction of sp³-hybridized carbons (Fsp3) is 0.750. The van der Waals surface area contributed by atoms with Crippen LogP contribution in [0, 0.1) is 0 Å². The monoisotopic (exact) mass is 185 g/mol. The van der Waals surface area contributed by atoms with Gasteiger partial charge in [0, 0.05) is 20.1 Å². The predicted octanol–water partition coefficient (Wildman–Crippen LogP) is 0.0204. The van der Waals surface area contributed by atoms with Gasteiger partial charge < -0.3 is 14.6 Å². The molecule has 0 amide bonds. The Morgan fingerprint density at radius 2 is 2.31 bits per heavy atom. The van der Waals surface area contributed by atoms with Crippen LogP contribution in [-0.4, -0.2) is 37.4 Å². The molecule has 13 heavy (non-hydrogen) atoms. The van der Waals surface area contributed by atoms with E-state index >= 15 is 0 Å². The Morgan fingerprint density at radius 1 is 1.46 bits per heavy atom. The first-order chi connectivity index (χ1) is 6.36. The smallest absolute Gasteiger partial charge is 0.228 e. The Kier molecular flexibility index (Phi) is 4.42. The quantitative estimate of drug-likeness (QED) is 0.677. The minimum absolute atomic E-state index is 0.619. The van der Waals surface area contributed by atoms with E-state index in [1.807, 2.05) is 7.05 Å². The highest BCUT2D eigenvalue weighted by molar-refractivity contribution is 4.86. The molecule has 0 aromatic carbocycles. The van der Waals surface area contributed by atoms with E-state index in [4.69, 9.17) is 9.26 Å². The molecule has 0 saturated heterocycles. The normalized spacial score (nSPS) is 10.6. The van der Waals surface area contributed by atoms with Gasteiger partial charge in [0.15, 0.2) is 5.82 Å². The summed E-state index contributed by atoms with van der Waals surface area (Å²) in [6, 6.07) is 0. The van der Waals surface area contributed by atoms with Gasteiger partial charge in [0.2, 0.25) is 5.89 Å². The molecule has 0 aliphatic rings. The van der Waals surface area contributed by atoms with Crippen LogP contribution in [0.25, 0.3) is 0 Å². The van der Waals surface area contributed by atoms with Crippen molar-refractivity contribution < 1.29 is 9.26 Å². The Hall–Kier alpha value is -0.940. The van der Waals surface area contributed by atoms with E-state index in [1.165, 1.54) is 0 Å². The zero-order valence-electron chi connectivity index (χ0n) is 8.04. The molecule has 0 aliphatic carbocycles. The van der Waals surface area contributed by atoms with E-state index in [2.05, 4.69) is 15.5 Å². The van der Waals surface area contributed by atoms with Gasteiger partial charge in [-0.2, -0.15) is 4.98 Å². The van der Waals surface area contributed by atoms with Gasteiger partial charge in [0.1, 0.15) is 0 Å². The van der Waals surface area contributed by atoms with Gasteiger partial charge in [0.25, 0.3) is 0 Å². The Labute approximate surface area is 77.5 Å². The second-order valence-electron chi connectivity index (χ2n) is 2.70. The summed E-state index contributed by atoms with van der Waals surface area (Å²) >= 11 is 0. The van der Waals surface area contributed by atoms with Crippen LogP contribution in [-0.2, 0) is 17.6 Å². The molecule has 1 N–H and O–H groups in total. The minimum Gasteiger partial charge on any atom is -0.384 e. The van der Waals surface area contributed by atoms with Crippen LogP contribution in [0.3, 0.4) is 0 Å². The highest BCUT2D eigenvalue weighted by Crippen LogP contribution is 1.98. The number of hydrogen-bond donors (Lipinski definition) is 1. The largest absolute Gasteiger partial charge is 0.384 e. The summed E-state index contributed by atoms with van der Waals surface area (Å²) < 4.78 is 9.89. The van der Waals surface area contributed by atoms with Gasteiger partial charge in [-0.1, -0.05) is 5.16 Å². The van der Waals surface area contributed by atoms with Crippen LogP contribution in [0.2, 0.25) is 0 Å². The fourth-order valence-electron chi connectivity index (χ4n) is 0.919. The molecular formula is C8H15N3O2. The second kappa shape index (κ2) is 5.66. The third kappa shape index (κ3) is 3.52. The molecule has 0 fully saturated rings. The molecule has 5 nitrogen and oxygen atoms in total. The first-order valence-corrected chi connectivity index (χ1v) is 4.32. The van der Waals surface area contributed by atoms with Crippen molar-refractivity contribution in [3.05, 3.63) is 11.7 Å². The van der Waals surface area contributed by atoms with Crippen LogP contribution >= 0.6 is 0 Å². The number of nitrogens with zero attached hydrogens (tertiary/aromatic N) is 2. The van der Waals surface area contributed by atoms with Crippen LogP contribution < -0.4 is 5.32 Å². The first kappa shape index (κ1) is 10.1. The molecular weight excluding hydrogens is 170 g/mol. The zero-order valence-corrected chi connectivity index (χ0v) is 8.04. The van der Waals surface area contributed by atoms with Gasteiger partial charge in [-0.3, -0.25) is 0 Å². The maximum Gasteiger partial charge on any atom is 0.228 e. The van der Waals surface area contributed by atoms with Gasteiger partial charge >= 0.3 is 0 Å². The number of aromatic nitrogens is 2. The van der Waals surface area contributed by atoms with Crippen LogP contribution in [0.1, 0.15) is 11.7 Å². The van der Waals surface area contributed by atoms with Crippen molar-refractivity contribution in [3.8, 4) is 0 Å². The molecule has 74 valence electrons. The van der Waals surface area contributed by atoms with Crippen molar-refractivity contribution in [2.24, 2.45) is 0 Å². The van der Waals surface area contributed by atoms with E-state index < -0.39 is 0 Å². The minimum atomic E-state index is 0.619. The van der Waals surface area contributed by atoms with Crippen molar-refractivity contribution in [1.29, 1.82) is 0 Å². The van der Waals surface area contributed by atoms with Crippen molar-refractivity contribution in [2.75, 3.05) is 27.3 Å². The number of nitrogens with one attached hydrogen (secondary N) is 1. The second-order valence-corrected chi connectivity index (χ2v) is 2.70. The zero-order chi connectivity index (χ0) is 9.52. The average Bonchev–Trinajstić information content (AvgIpc) is 2.59. The number of rotatable bonds is 6. The van der Waals surface area contributed by atoms with Crippen molar-refractivity contribution >= 4 is 0 Å². The summed E-state index contributed by atoms with van der Waals surface area (Å²) in [6.45, 7) is 1.48. The number of likely N-dealkylation sites (N-methyl/N-ethyl adjacent to an activating group) is 1. The third-order valence-electron chi connectivity index (χ3n) is 1.63. The maximum atomic E-state index is 4.99. The topological polar surface area (TPSA) is 60.2 Å². The fourth-order valence-corrected chi connectivity index (χ4v) is 0.919. The Bertz CT molecular complexity index is 215. The molecule has 1 aromatic rings. The lowest BCUT2D eigenvalue weighted by atomic mass is 10.4. The molecule has 0 atom stereocenters. The summed E-state index contributed by atoms with van der Waals surface area (Å²) in [5.74, 6) is 1.40. The summed E-state index contributed by atoms with van der Waals surface area (Å²) in [6.07, 6.45) is 1.48. The van der Waals surface area contributed by atoms with E-state index in [0.29, 0.717) is 18.9 Å². The first-order valence-electron chi connectivity index (χ1n) is 4.32. The maximum absolute atomic E-state index is 4.99. The molecule has 1 aromatic heterocycles. The number of hydrogen-bond acceptors (Lipinski definition) is 5. The Morgan fingerprint density at radius 3 is 3.00 bits per heavy atom. The van der Waals surface area contributed by atoms with Crippen LogP contribution in [0.5, 0.6) is 0 Å². The molecule has 0 unspecified atom stereocenters. The lowest BCUT2D eigenvalue weighted by Crippen LogP contribution is -2.11. The van der Waals surface area contributed by atoms with Gasteiger partial charge in [-0.05, 0) is 7.05 Å². The van der Waals surface area contributed by atoms with Gasteiger partial charge in [0.05, 0.1) is 13.0 Å². The highest BCUT2D eigenvalue weighted by atomic mass is 16.5. The lowest BCUT2D eigenvalue weighted by molar-refractivity contribution is 0.192. The predicted molar refractivity (Wildman–Crippen MR) is 47.5 cm³/mol. The van der Waals surface area contributed by atoms with Crippen molar-refractivity contribution in [2.45, 2.75) is 12.8 Å². The summed E-state index contributed by atoms with van der Waals surface area (Å²) in [5, 5.41) is 6.85. The number of ether oxygens (including phenoxy) is 1. The summed E-state index contributed by atoms with van der Waals surface area (Å²) in [7, 11) is 3.55. The molecule has 1 heterocycles.